The van der Waals surface area contributed by atoms with Gasteiger partial charge in [-0.2, -0.15) is 0 Å². The molecule has 2 amide bonds. The molecule has 0 spiro atoms. The van der Waals surface area contributed by atoms with E-state index in [0.29, 0.717) is 39.0 Å². The quantitative estimate of drug-likeness (QED) is 0.684. The van der Waals surface area contributed by atoms with Crippen LogP contribution in [0.4, 0.5) is 5.82 Å². The Morgan fingerprint density at radius 3 is 2.48 bits per heavy atom. The van der Waals surface area contributed by atoms with Crippen molar-refractivity contribution in [2.75, 3.05) is 45.2 Å². The average Bonchev–Trinajstić information content (AvgIpc) is 2.97. The zero-order valence-corrected chi connectivity index (χ0v) is 18.8. The molecule has 31 heavy (non-hydrogen) atoms. The summed E-state index contributed by atoms with van der Waals surface area (Å²) >= 11 is 0. The van der Waals surface area contributed by atoms with Crippen LogP contribution in [0.25, 0.3) is 0 Å². The molecule has 166 valence electrons. The van der Waals surface area contributed by atoms with E-state index >= 15 is 0 Å². The molecule has 2 heterocycles. The third kappa shape index (κ3) is 6.77. The van der Waals surface area contributed by atoms with E-state index in [1.54, 1.807) is 13.3 Å². The summed E-state index contributed by atoms with van der Waals surface area (Å²) in [5, 5.41) is 0. The van der Waals surface area contributed by atoms with Crippen LogP contribution < -0.4 is 4.90 Å². The molecule has 0 N–H and O–H groups in total. The molecule has 1 atom stereocenters. The van der Waals surface area contributed by atoms with Gasteiger partial charge in [0.2, 0.25) is 11.8 Å². The molecule has 0 saturated carbocycles. The molecule has 1 aromatic heterocycles. The first-order valence-electron chi connectivity index (χ1n) is 11.0. The van der Waals surface area contributed by atoms with E-state index in [-0.39, 0.29) is 17.7 Å². The summed E-state index contributed by atoms with van der Waals surface area (Å²) < 4.78 is 0. The topological polar surface area (TPSA) is 69.6 Å². The minimum absolute atomic E-state index is 0.0556. The number of anilines is 1. The molecule has 1 aliphatic rings. The van der Waals surface area contributed by atoms with Gasteiger partial charge in [0.05, 0.1) is 0 Å². The largest absolute Gasteiger partial charge is 0.363 e. The Hall–Kier alpha value is -2.96. The maximum absolute atomic E-state index is 12.9. The van der Waals surface area contributed by atoms with Crippen LogP contribution in [-0.4, -0.2) is 71.9 Å². The van der Waals surface area contributed by atoms with E-state index in [0.717, 1.165) is 24.4 Å². The normalized spacial score (nSPS) is 16.7. The fourth-order valence-corrected chi connectivity index (χ4v) is 4.03. The fourth-order valence-electron chi connectivity index (χ4n) is 4.03. The summed E-state index contributed by atoms with van der Waals surface area (Å²) in [6, 6.07) is 12.2. The monoisotopic (exact) mass is 423 g/mol. The molecule has 1 unspecified atom stereocenters. The summed E-state index contributed by atoms with van der Waals surface area (Å²) in [6.45, 7) is 4.07. The van der Waals surface area contributed by atoms with Gasteiger partial charge in [-0.25, -0.2) is 9.97 Å². The molecule has 3 rings (SSSR count). The number of benzene rings is 1. The molecule has 1 aromatic carbocycles. The Morgan fingerprint density at radius 1 is 1.06 bits per heavy atom. The van der Waals surface area contributed by atoms with Crippen LogP contribution >= 0.6 is 0 Å². The van der Waals surface area contributed by atoms with E-state index < -0.39 is 0 Å². The minimum atomic E-state index is 0.0556. The number of rotatable bonds is 7. The Balaban J connectivity index is 1.63. The highest BCUT2D eigenvalue weighted by atomic mass is 16.2. The van der Waals surface area contributed by atoms with Crippen LogP contribution in [0.3, 0.4) is 0 Å². The lowest BCUT2D eigenvalue weighted by Crippen LogP contribution is -2.36. The van der Waals surface area contributed by atoms with Crippen LogP contribution in [-0.2, 0) is 22.4 Å². The number of hydrogen-bond donors (Lipinski definition) is 0. The van der Waals surface area contributed by atoms with Gasteiger partial charge >= 0.3 is 0 Å². The van der Waals surface area contributed by atoms with Gasteiger partial charge in [0.1, 0.15) is 12.1 Å². The van der Waals surface area contributed by atoms with E-state index in [4.69, 9.17) is 0 Å². The smallest absolute Gasteiger partial charge is 0.222 e. The van der Waals surface area contributed by atoms with Gasteiger partial charge < -0.3 is 14.7 Å². The Bertz CT molecular complexity index is 871. The van der Waals surface area contributed by atoms with Crippen LogP contribution in [0.1, 0.15) is 31.0 Å². The van der Waals surface area contributed by atoms with Crippen LogP contribution in [0, 0.1) is 5.92 Å². The minimum Gasteiger partial charge on any atom is -0.363 e. The third-order valence-electron chi connectivity index (χ3n) is 5.76. The van der Waals surface area contributed by atoms with Crippen molar-refractivity contribution in [3.63, 3.8) is 0 Å². The van der Waals surface area contributed by atoms with Crippen molar-refractivity contribution >= 4 is 17.6 Å². The highest BCUT2D eigenvalue weighted by Gasteiger charge is 2.27. The molecule has 7 heteroatoms. The van der Waals surface area contributed by atoms with Crippen molar-refractivity contribution in [3.8, 4) is 0 Å². The Morgan fingerprint density at radius 2 is 1.77 bits per heavy atom. The van der Waals surface area contributed by atoms with Crippen molar-refractivity contribution < 1.29 is 9.59 Å². The van der Waals surface area contributed by atoms with Crippen molar-refractivity contribution in [2.45, 2.75) is 32.6 Å². The number of hydrogen-bond acceptors (Lipinski definition) is 5. The third-order valence-corrected chi connectivity index (χ3v) is 5.76. The molecule has 0 bridgehead atoms. The van der Waals surface area contributed by atoms with Crippen LogP contribution in [0.2, 0.25) is 0 Å². The van der Waals surface area contributed by atoms with Gasteiger partial charge in [0.25, 0.3) is 0 Å². The number of carbonyl (C=O) groups excluding carboxylic acids is 2. The zero-order valence-electron chi connectivity index (χ0n) is 18.8. The summed E-state index contributed by atoms with van der Waals surface area (Å²) in [4.78, 5) is 39.5. The molecule has 0 radical (unpaired) electrons. The summed E-state index contributed by atoms with van der Waals surface area (Å²) in [6.07, 6.45) is 4.55. The second-order valence-electron chi connectivity index (χ2n) is 8.48. The van der Waals surface area contributed by atoms with Gasteiger partial charge in [-0.05, 0) is 30.7 Å². The molecule has 1 saturated heterocycles. The number of carbonyl (C=O) groups is 2. The molecule has 7 nitrogen and oxygen atoms in total. The predicted octanol–water partition coefficient (Wildman–Crippen LogP) is 2.41. The molecule has 1 fully saturated rings. The van der Waals surface area contributed by atoms with E-state index in [2.05, 4.69) is 22.1 Å². The highest BCUT2D eigenvalue weighted by Crippen LogP contribution is 2.18. The predicted molar refractivity (Wildman–Crippen MR) is 122 cm³/mol. The van der Waals surface area contributed by atoms with Crippen molar-refractivity contribution in [1.29, 1.82) is 0 Å². The lowest BCUT2D eigenvalue weighted by molar-refractivity contribution is -0.132. The molecule has 0 aliphatic carbocycles. The van der Waals surface area contributed by atoms with Gasteiger partial charge in [-0.1, -0.05) is 30.3 Å². The first kappa shape index (κ1) is 22.7. The number of nitrogens with zero attached hydrogens (tertiary/aromatic N) is 5. The number of amides is 2. The lowest BCUT2D eigenvalue weighted by atomic mass is 10.0. The fraction of sp³-hybridized carbons (Fsp3) is 0.500. The van der Waals surface area contributed by atoms with E-state index in [1.807, 2.05) is 53.1 Å². The maximum atomic E-state index is 12.9. The maximum Gasteiger partial charge on any atom is 0.222 e. The second-order valence-corrected chi connectivity index (χ2v) is 8.48. The SMILES string of the molecule is CC(=O)N1CCN(C(=O)CCCc2ccccc2)CC(Cc2cc(N(C)C)ncn2)C1. The first-order valence-corrected chi connectivity index (χ1v) is 11.0. The summed E-state index contributed by atoms with van der Waals surface area (Å²) in [7, 11) is 3.90. The van der Waals surface area contributed by atoms with Gasteiger partial charge in [0.15, 0.2) is 0 Å². The molecular weight excluding hydrogens is 390 g/mol. The summed E-state index contributed by atoms with van der Waals surface area (Å²) in [5.41, 5.74) is 2.19. The number of aromatic nitrogens is 2. The first-order chi connectivity index (χ1) is 14.9. The van der Waals surface area contributed by atoms with Crippen molar-refractivity contribution in [3.05, 3.63) is 54.0 Å². The molecular formula is C24H33N5O2. The highest BCUT2D eigenvalue weighted by molar-refractivity contribution is 5.77. The second kappa shape index (κ2) is 10.9. The van der Waals surface area contributed by atoms with Gasteiger partial charge in [0, 0.05) is 65.4 Å². The van der Waals surface area contributed by atoms with Gasteiger partial charge in [-0.3, -0.25) is 9.59 Å². The Labute approximate surface area is 185 Å². The van der Waals surface area contributed by atoms with Gasteiger partial charge in [-0.15, -0.1) is 0 Å². The standard InChI is InChI=1S/C24H33N5O2/c1-19(30)28-12-13-29(24(31)11-7-10-20-8-5-4-6-9-20)17-21(16-28)14-22-15-23(27(2)3)26-18-25-22/h4-6,8-9,15,18,21H,7,10-14,16-17H2,1-3H3. The van der Waals surface area contributed by atoms with Crippen LogP contribution in [0.15, 0.2) is 42.7 Å². The van der Waals surface area contributed by atoms with Crippen molar-refractivity contribution in [1.82, 2.24) is 19.8 Å². The Kier molecular flexibility index (Phi) is 7.98. The molecule has 2 aromatic rings. The van der Waals surface area contributed by atoms with E-state index in [9.17, 15) is 9.59 Å². The average molecular weight is 424 g/mol. The summed E-state index contributed by atoms with van der Waals surface area (Å²) in [5.74, 6) is 1.23. The van der Waals surface area contributed by atoms with Crippen molar-refractivity contribution in [2.24, 2.45) is 5.92 Å². The van der Waals surface area contributed by atoms with Crippen LogP contribution in [0.5, 0.6) is 0 Å². The molecule has 1 aliphatic heterocycles. The number of aryl methyl sites for hydroxylation is 1. The van der Waals surface area contributed by atoms with E-state index in [1.165, 1.54) is 5.56 Å². The lowest BCUT2D eigenvalue weighted by Gasteiger charge is -2.24. The zero-order chi connectivity index (χ0) is 22.2.